The van der Waals surface area contributed by atoms with Gasteiger partial charge in [-0.2, -0.15) is 0 Å². The molecule has 2 heterocycles. The van der Waals surface area contributed by atoms with Gasteiger partial charge in [-0.1, -0.05) is 0 Å². The highest BCUT2D eigenvalue weighted by molar-refractivity contribution is 7.17. The zero-order valence-corrected chi connectivity index (χ0v) is 10.3. The average molecular weight is 243 g/mol. The van der Waals surface area contributed by atoms with Crippen molar-refractivity contribution in [3.05, 3.63) is 47.9 Å². The zero-order chi connectivity index (χ0) is 11.8. The number of rotatable bonds is 2. The van der Waals surface area contributed by atoms with Crippen LogP contribution >= 0.6 is 11.3 Å². The van der Waals surface area contributed by atoms with Gasteiger partial charge in [-0.05, 0) is 42.0 Å². The fourth-order valence-electron chi connectivity index (χ4n) is 1.96. The summed E-state index contributed by atoms with van der Waals surface area (Å²) in [6.07, 6.45) is 3.63. The van der Waals surface area contributed by atoms with Crippen LogP contribution in [0.15, 0.2) is 42.2 Å². The molecule has 3 nitrogen and oxygen atoms in total. The molecule has 1 aromatic carbocycles. The summed E-state index contributed by atoms with van der Waals surface area (Å²) in [4.78, 5) is 4.17. The molecule has 1 atom stereocenters. The van der Waals surface area contributed by atoms with Crippen molar-refractivity contribution in [3.8, 4) is 5.69 Å². The van der Waals surface area contributed by atoms with Gasteiger partial charge in [-0.3, -0.25) is 0 Å². The quantitative estimate of drug-likeness (QED) is 0.751. The van der Waals surface area contributed by atoms with Gasteiger partial charge in [0.15, 0.2) is 0 Å². The number of fused-ring (bicyclic) bond motifs is 1. The van der Waals surface area contributed by atoms with Crippen LogP contribution in [0.4, 0.5) is 0 Å². The number of nitrogens with two attached hydrogens (primary N) is 1. The van der Waals surface area contributed by atoms with Crippen LogP contribution in [0.2, 0.25) is 0 Å². The molecule has 2 N–H and O–H groups in total. The zero-order valence-electron chi connectivity index (χ0n) is 9.50. The van der Waals surface area contributed by atoms with E-state index in [0.717, 1.165) is 11.4 Å². The Morgan fingerprint density at radius 2 is 2.24 bits per heavy atom. The summed E-state index contributed by atoms with van der Waals surface area (Å²) in [7, 11) is 0. The van der Waals surface area contributed by atoms with E-state index >= 15 is 0 Å². The molecule has 0 saturated carbocycles. The third-order valence-electron chi connectivity index (χ3n) is 2.85. The molecule has 0 aliphatic rings. The van der Waals surface area contributed by atoms with Gasteiger partial charge >= 0.3 is 0 Å². The van der Waals surface area contributed by atoms with Crippen molar-refractivity contribution in [1.29, 1.82) is 0 Å². The monoisotopic (exact) mass is 243 g/mol. The van der Waals surface area contributed by atoms with Crippen LogP contribution in [-0.2, 0) is 0 Å². The normalized spacial score (nSPS) is 13.1. The van der Waals surface area contributed by atoms with Gasteiger partial charge in [0.05, 0.1) is 18.2 Å². The smallest absolute Gasteiger partial charge is 0.0994 e. The van der Waals surface area contributed by atoms with Crippen molar-refractivity contribution in [1.82, 2.24) is 9.55 Å². The Morgan fingerprint density at radius 1 is 1.35 bits per heavy atom. The minimum atomic E-state index is -0.0179. The lowest BCUT2D eigenvalue weighted by Crippen LogP contribution is -2.10. The van der Waals surface area contributed by atoms with Crippen LogP contribution in [0, 0.1) is 0 Å². The molecule has 0 radical (unpaired) electrons. The predicted molar refractivity (Wildman–Crippen MR) is 71.5 cm³/mol. The maximum Gasteiger partial charge on any atom is 0.0994 e. The minimum absolute atomic E-state index is 0.0179. The molecule has 0 spiro atoms. The summed E-state index contributed by atoms with van der Waals surface area (Å²) in [6, 6.07) is 8.52. The lowest BCUT2D eigenvalue weighted by atomic mass is 10.2. The first-order valence-corrected chi connectivity index (χ1v) is 6.39. The van der Waals surface area contributed by atoms with Gasteiger partial charge in [0, 0.05) is 16.4 Å². The molecule has 0 aliphatic carbocycles. The summed E-state index contributed by atoms with van der Waals surface area (Å²) in [5.41, 5.74) is 8.07. The van der Waals surface area contributed by atoms with Crippen molar-refractivity contribution in [3.63, 3.8) is 0 Å². The van der Waals surface area contributed by atoms with Crippen LogP contribution in [0.1, 0.15) is 18.7 Å². The fraction of sp³-hybridized carbons (Fsp3) is 0.154. The van der Waals surface area contributed by atoms with E-state index in [0.29, 0.717) is 0 Å². The summed E-state index contributed by atoms with van der Waals surface area (Å²) in [6.45, 7) is 1.97. The molecular formula is C13H13N3S. The van der Waals surface area contributed by atoms with Gasteiger partial charge in [0.2, 0.25) is 0 Å². The second-order valence-electron chi connectivity index (χ2n) is 4.12. The lowest BCUT2D eigenvalue weighted by molar-refractivity contribution is 0.753. The first-order chi connectivity index (χ1) is 8.25. The summed E-state index contributed by atoms with van der Waals surface area (Å²) in [5.74, 6) is 0. The molecule has 2 aromatic heterocycles. The minimum Gasteiger partial charge on any atom is -0.323 e. The van der Waals surface area contributed by atoms with Gasteiger partial charge in [-0.15, -0.1) is 11.3 Å². The first-order valence-electron chi connectivity index (χ1n) is 5.51. The SMILES string of the molecule is C[C@H](N)c1cncn1-c1ccc2sccc2c1. The molecule has 0 fully saturated rings. The highest BCUT2D eigenvalue weighted by Gasteiger charge is 2.08. The molecule has 0 saturated heterocycles. The standard InChI is InChI=1S/C13H13N3S/c1-9(14)12-7-15-8-16(12)11-2-3-13-10(6-11)4-5-17-13/h2-9H,14H2,1H3/t9-/m0/s1. The van der Waals surface area contributed by atoms with Gasteiger partial charge in [0.25, 0.3) is 0 Å². The Kier molecular flexibility index (Phi) is 2.46. The van der Waals surface area contributed by atoms with Crippen LogP contribution in [0.5, 0.6) is 0 Å². The van der Waals surface area contributed by atoms with Crippen LogP contribution in [0.25, 0.3) is 15.8 Å². The molecule has 0 aliphatic heterocycles. The van der Waals surface area contributed by atoms with Crippen LogP contribution < -0.4 is 5.73 Å². The highest BCUT2D eigenvalue weighted by Crippen LogP contribution is 2.24. The predicted octanol–water partition coefficient (Wildman–Crippen LogP) is 3.11. The van der Waals surface area contributed by atoms with E-state index in [9.17, 15) is 0 Å². The molecule has 0 unspecified atom stereocenters. The Balaban J connectivity index is 2.16. The Morgan fingerprint density at radius 3 is 3.06 bits per heavy atom. The van der Waals surface area contributed by atoms with E-state index in [1.165, 1.54) is 10.1 Å². The van der Waals surface area contributed by atoms with Gasteiger partial charge < -0.3 is 10.3 Å². The van der Waals surface area contributed by atoms with E-state index in [1.54, 1.807) is 11.3 Å². The van der Waals surface area contributed by atoms with Crippen LogP contribution in [0.3, 0.4) is 0 Å². The first kappa shape index (κ1) is 10.5. The highest BCUT2D eigenvalue weighted by atomic mass is 32.1. The third-order valence-corrected chi connectivity index (χ3v) is 3.75. The Labute approximate surface area is 104 Å². The molecule has 3 rings (SSSR count). The van der Waals surface area contributed by atoms with E-state index in [1.807, 2.05) is 24.0 Å². The number of hydrogen-bond acceptors (Lipinski definition) is 3. The summed E-state index contributed by atoms with van der Waals surface area (Å²) >= 11 is 1.75. The molecule has 0 amide bonds. The molecule has 0 bridgehead atoms. The number of aromatic nitrogens is 2. The van der Waals surface area contributed by atoms with Crippen molar-refractivity contribution in [2.45, 2.75) is 13.0 Å². The second-order valence-corrected chi connectivity index (χ2v) is 5.07. The number of imidazole rings is 1. The molecule has 4 heteroatoms. The summed E-state index contributed by atoms with van der Waals surface area (Å²) < 4.78 is 3.35. The van der Waals surface area contributed by atoms with Crippen molar-refractivity contribution in [2.24, 2.45) is 5.73 Å². The van der Waals surface area contributed by atoms with E-state index in [-0.39, 0.29) is 6.04 Å². The van der Waals surface area contributed by atoms with E-state index in [2.05, 4.69) is 34.6 Å². The lowest BCUT2D eigenvalue weighted by Gasteiger charge is -2.10. The maximum absolute atomic E-state index is 5.93. The van der Waals surface area contributed by atoms with Crippen molar-refractivity contribution >= 4 is 21.4 Å². The number of nitrogens with zero attached hydrogens (tertiary/aromatic N) is 2. The van der Waals surface area contributed by atoms with Gasteiger partial charge in [0.1, 0.15) is 0 Å². The Bertz CT molecular complexity index is 651. The largest absolute Gasteiger partial charge is 0.323 e. The molecule has 86 valence electrons. The molecule has 17 heavy (non-hydrogen) atoms. The maximum atomic E-state index is 5.93. The fourth-order valence-corrected chi connectivity index (χ4v) is 2.73. The summed E-state index contributed by atoms with van der Waals surface area (Å²) in [5, 5.41) is 3.37. The topological polar surface area (TPSA) is 43.8 Å². The Hall–Kier alpha value is -1.65. The third kappa shape index (κ3) is 1.75. The van der Waals surface area contributed by atoms with Crippen molar-refractivity contribution < 1.29 is 0 Å². The number of hydrogen-bond donors (Lipinski definition) is 1. The number of thiophene rings is 1. The molecule has 3 aromatic rings. The molecular weight excluding hydrogens is 230 g/mol. The van der Waals surface area contributed by atoms with E-state index < -0.39 is 0 Å². The van der Waals surface area contributed by atoms with Crippen LogP contribution in [-0.4, -0.2) is 9.55 Å². The number of benzene rings is 1. The van der Waals surface area contributed by atoms with Gasteiger partial charge in [-0.25, -0.2) is 4.98 Å². The second kappa shape index (κ2) is 3.98. The van der Waals surface area contributed by atoms with Crippen molar-refractivity contribution in [2.75, 3.05) is 0 Å². The van der Waals surface area contributed by atoms with E-state index in [4.69, 9.17) is 5.73 Å². The average Bonchev–Trinajstić information content (AvgIpc) is 2.96.